The Kier molecular flexibility index (Phi) is 6.49. The zero-order valence-electron chi connectivity index (χ0n) is 16.5. The molecule has 0 aliphatic heterocycles. The molecule has 2 N–H and O–H groups in total. The quantitative estimate of drug-likeness (QED) is 0.669. The van der Waals surface area contributed by atoms with Crippen molar-refractivity contribution in [2.75, 3.05) is 18.5 Å². The number of para-hydroxylation sites is 1. The summed E-state index contributed by atoms with van der Waals surface area (Å²) in [4.78, 5) is 36.3. The van der Waals surface area contributed by atoms with E-state index in [2.05, 4.69) is 10.6 Å². The van der Waals surface area contributed by atoms with Gasteiger partial charge in [0.05, 0.1) is 11.3 Å². The van der Waals surface area contributed by atoms with E-state index < -0.39 is 18.5 Å². The third-order valence-electron chi connectivity index (χ3n) is 4.62. The van der Waals surface area contributed by atoms with Gasteiger partial charge in [-0.25, -0.2) is 4.79 Å². The standard InChI is InChI=1S/C22H24N2O5/c1-14-6-5-9-19(15(14)2)28-13-21(26)29-12-20(25)24-18-8-4-3-7-17(18)22(27)23-16-10-11-16/h3-9,16H,10-13H2,1-2H3,(H,23,27)(H,24,25). The Hall–Kier alpha value is -3.35. The second kappa shape index (κ2) is 9.23. The third kappa shape index (κ3) is 5.81. The number of carbonyl (C=O) groups excluding carboxylic acids is 3. The summed E-state index contributed by atoms with van der Waals surface area (Å²) >= 11 is 0. The molecular weight excluding hydrogens is 372 g/mol. The number of carbonyl (C=O) groups is 3. The van der Waals surface area contributed by atoms with Crippen molar-refractivity contribution in [3.8, 4) is 5.75 Å². The first-order chi connectivity index (χ1) is 13.9. The summed E-state index contributed by atoms with van der Waals surface area (Å²) < 4.78 is 10.4. The van der Waals surface area contributed by atoms with Crippen LogP contribution in [0.1, 0.15) is 34.3 Å². The highest BCUT2D eigenvalue weighted by atomic mass is 16.6. The summed E-state index contributed by atoms with van der Waals surface area (Å²) in [6, 6.07) is 12.5. The molecule has 0 unspecified atom stereocenters. The molecule has 2 amide bonds. The first kappa shape index (κ1) is 20.4. The zero-order chi connectivity index (χ0) is 20.8. The van der Waals surface area contributed by atoms with Crippen molar-refractivity contribution in [1.82, 2.24) is 5.32 Å². The maximum Gasteiger partial charge on any atom is 0.344 e. The van der Waals surface area contributed by atoms with Gasteiger partial charge in [0.25, 0.3) is 11.8 Å². The summed E-state index contributed by atoms with van der Waals surface area (Å²) in [6.07, 6.45) is 1.95. The predicted octanol–water partition coefficient (Wildman–Crippen LogP) is 2.76. The number of aryl methyl sites for hydroxylation is 1. The summed E-state index contributed by atoms with van der Waals surface area (Å²) in [5.74, 6) is -0.818. The van der Waals surface area contributed by atoms with Crippen molar-refractivity contribution in [3.63, 3.8) is 0 Å². The Morgan fingerprint density at radius 3 is 2.52 bits per heavy atom. The van der Waals surface area contributed by atoms with Crippen molar-refractivity contribution in [3.05, 3.63) is 59.2 Å². The average Bonchev–Trinajstić information content (AvgIpc) is 3.52. The van der Waals surface area contributed by atoms with Crippen LogP contribution in [-0.2, 0) is 14.3 Å². The van der Waals surface area contributed by atoms with E-state index in [-0.39, 0.29) is 18.6 Å². The summed E-state index contributed by atoms with van der Waals surface area (Å²) in [5.41, 5.74) is 2.74. The van der Waals surface area contributed by atoms with Crippen LogP contribution in [0.3, 0.4) is 0 Å². The van der Waals surface area contributed by atoms with Crippen LogP contribution in [0.15, 0.2) is 42.5 Å². The van der Waals surface area contributed by atoms with Gasteiger partial charge in [0, 0.05) is 6.04 Å². The molecular formula is C22H24N2O5. The average molecular weight is 396 g/mol. The van der Waals surface area contributed by atoms with Gasteiger partial charge in [-0.3, -0.25) is 9.59 Å². The van der Waals surface area contributed by atoms with Crippen molar-refractivity contribution < 1.29 is 23.9 Å². The van der Waals surface area contributed by atoms with Gasteiger partial charge in [-0.05, 0) is 56.0 Å². The molecule has 0 saturated heterocycles. The zero-order valence-corrected chi connectivity index (χ0v) is 16.5. The predicted molar refractivity (Wildman–Crippen MR) is 108 cm³/mol. The number of benzene rings is 2. The van der Waals surface area contributed by atoms with E-state index in [0.29, 0.717) is 17.0 Å². The molecule has 0 bridgehead atoms. The van der Waals surface area contributed by atoms with E-state index in [1.165, 1.54) is 0 Å². The smallest absolute Gasteiger partial charge is 0.344 e. The molecule has 3 rings (SSSR count). The van der Waals surface area contributed by atoms with Crippen LogP contribution in [0, 0.1) is 13.8 Å². The second-order valence-corrected chi connectivity index (χ2v) is 6.99. The van der Waals surface area contributed by atoms with Crippen LogP contribution in [0.4, 0.5) is 5.69 Å². The van der Waals surface area contributed by atoms with E-state index >= 15 is 0 Å². The number of nitrogens with one attached hydrogen (secondary N) is 2. The summed E-state index contributed by atoms with van der Waals surface area (Å²) in [7, 11) is 0. The van der Waals surface area contributed by atoms with Crippen LogP contribution in [0.25, 0.3) is 0 Å². The van der Waals surface area contributed by atoms with Gasteiger partial charge in [-0.15, -0.1) is 0 Å². The molecule has 29 heavy (non-hydrogen) atoms. The van der Waals surface area contributed by atoms with Crippen molar-refractivity contribution >= 4 is 23.5 Å². The molecule has 0 spiro atoms. The molecule has 1 saturated carbocycles. The number of rotatable bonds is 8. The molecule has 1 aliphatic rings. The van der Waals surface area contributed by atoms with E-state index in [0.717, 1.165) is 24.0 Å². The largest absolute Gasteiger partial charge is 0.482 e. The molecule has 0 radical (unpaired) electrons. The monoisotopic (exact) mass is 396 g/mol. The molecule has 7 heteroatoms. The van der Waals surface area contributed by atoms with Crippen LogP contribution in [0.5, 0.6) is 5.75 Å². The number of amides is 2. The van der Waals surface area contributed by atoms with Gasteiger partial charge in [0.1, 0.15) is 5.75 Å². The maximum atomic E-state index is 12.3. The number of hydrogen-bond acceptors (Lipinski definition) is 5. The Bertz CT molecular complexity index is 921. The van der Waals surface area contributed by atoms with Crippen molar-refractivity contribution in [2.45, 2.75) is 32.7 Å². The fourth-order valence-electron chi connectivity index (χ4n) is 2.67. The fraction of sp³-hybridized carbons (Fsp3) is 0.318. The summed E-state index contributed by atoms with van der Waals surface area (Å²) in [5, 5.41) is 5.50. The van der Waals surface area contributed by atoms with E-state index in [1.54, 1.807) is 30.3 Å². The Morgan fingerprint density at radius 2 is 1.76 bits per heavy atom. The van der Waals surface area contributed by atoms with E-state index in [4.69, 9.17) is 9.47 Å². The number of hydrogen-bond donors (Lipinski definition) is 2. The highest BCUT2D eigenvalue weighted by Gasteiger charge is 2.25. The van der Waals surface area contributed by atoms with Crippen LogP contribution in [-0.4, -0.2) is 37.0 Å². The number of anilines is 1. The third-order valence-corrected chi connectivity index (χ3v) is 4.62. The molecule has 2 aromatic carbocycles. The minimum absolute atomic E-state index is 0.212. The van der Waals surface area contributed by atoms with E-state index in [1.807, 2.05) is 26.0 Å². The first-order valence-corrected chi connectivity index (χ1v) is 9.48. The highest BCUT2D eigenvalue weighted by Crippen LogP contribution is 2.22. The molecule has 0 heterocycles. The molecule has 152 valence electrons. The van der Waals surface area contributed by atoms with Crippen molar-refractivity contribution in [1.29, 1.82) is 0 Å². The molecule has 0 aromatic heterocycles. The van der Waals surface area contributed by atoms with Crippen molar-refractivity contribution in [2.24, 2.45) is 0 Å². The second-order valence-electron chi connectivity index (χ2n) is 6.99. The van der Waals surface area contributed by atoms with Crippen LogP contribution < -0.4 is 15.4 Å². The summed E-state index contributed by atoms with van der Waals surface area (Å²) in [6.45, 7) is 3.10. The molecule has 0 atom stereocenters. The lowest BCUT2D eigenvalue weighted by atomic mass is 10.1. The van der Waals surface area contributed by atoms with E-state index in [9.17, 15) is 14.4 Å². The van der Waals surface area contributed by atoms with Gasteiger partial charge in [-0.2, -0.15) is 0 Å². The van der Waals surface area contributed by atoms with Gasteiger partial charge in [0.15, 0.2) is 13.2 Å². The minimum atomic E-state index is -0.652. The topological polar surface area (TPSA) is 93.7 Å². The molecule has 7 nitrogen and oxygen atoms in total. The Balaban J connectivity index is 1.48. The lowest BCUT2D eigenvalue weighted by molar-refractivity contribution is -0.149. The minimum Gasteiger partial charge on any atom is -0.482 e. The van der Waals surface area contributed by atoms with Crippen LogP contribution >= 0.6 is 0 Å². The lowest BCUT2D eigenvalue weighted by Gasteiger charge is -2.12. The Morgan fingerprint density at radius 1 is 1.00 bits per heavy atom. The lowest BCUT2D eigenvalue weighted by Crippen LogP contribution is -2.28. The van der Waals surface area contributed by atoms with Gasteiger partial charge in [0.2, 0.25) is 0 Å². The first-order valence-electron chi connectivity index (χ1n) is 9.48. The van der Waals surface area contributed by atoms with Gasteiger partial charge in [-0.1, -0.05) is 24.3 Å². The number of ether oxygens (including phenoxy) is 2. The molecule has 1 fully saturated rings. The highest BCUT2D eigenvalue weighted by molar-refractivity contribution is 6.04. The van der Waals surface area contributed by atoms with Gasteiger partial charge >= 0.3 is 5.97 Å². The van der Waals surface area contributed by atoms with Crippen LogP contribution in [0.2, 0.25) is 0 Å². The normalized spacial score (nSPS) is 12.8. The molecule has 1 aliphatic carbocycles. The molecule has 2 aromatic rings. The van der Waals surface area contributed by atoms with Gasteiger partial charge < -0.3 is 20.1 Å². The fourth-order valence-corrected chi connectivity index (χ4v) is 2.67. The SMILES string of the molecule is Cc1cccc(OCC(=O)OCC(=O)Nc2ccccc2C(=O)NC2CC2)c1C. The number of esters is 1. The Labute approximate surface area is 169 Å². The maximum absolute atomic E-state index is 12.3.